The van der Waals surface area contributed by atoms with Gasteiger partial charge in [-0.1, -0.05) is 37.3 Å². The van der Waals surface area contributed by atoms with Gasteiger partial charge in [-0.2, -0.15) is 21.6 Å². The van der Waals surface area contributed by atoms with E-state index in [0.717, 1.165) is 11.6 Å². The lowest BCUT2D eigenvalue weighted by Crippen LogP contribution is -2.28. The Morgan fingerprint density at radius 1 is 1.03 bits per heavy atom. The van der Waals surface area contributed by atoms with E-state index in [0.29, 0.717) is 11.3 Å². The lowest BCUT2D eigenvalue weighted by molar-refractivity contribution is -0.0499. The first-order valence-electron chi connectivity index (χ1n) is 9.04. The average Bonchev–Trinajstić information content (AvgIpc) is 2.71. The number of hydrogen-bond donors (Lipinski definition) is 1. The summed E-state index contributed by atoms with van der Waals surface area (Å²) in [6.45, 7) is 1.88. The maximum atomic E-state index is 12.8. The number of ether oxygens (including phenoxy) is 1. The van der Waals surface area contributed by atoms with E-state index in [1.807, 2.05) is 30.3 Å². The number of halogens is 3. The molecule has 1 N–H and O–H groups in total. The molecular formula is C21H17F3O6S. The number of fused-ring (bicyclic) bond motifs is 1. The lowest BCUT2D eigenvalue weighted by Gasteiger charge is -2.16. The Bertz CT molecular complexity index is 1220. The van der Waals surface area contributed by atoms with E-state index in [-0.39, 0.29) is 29.4 Å². The summed E-state index contributed by atoms with van der Waals surface area (Å²) >= 11 is 0. The summed E-state index contributed by atoms with van der Waals surface area (Å²) in [4.78, 5) is 11.7. The third-order valence-corrected chi connectivity index (χ3v) is 5.46. The molecule has 0 radical (unpaired) electrons. The second kappa shape index (κ2) is 8.46. The molecule has 3 rings (SSSR count). The molecule has 6 nitrogen and oxygen atoms in total. The van der Waals surface area contributed by atoms with Crippen LogP contribution in [-0.4, -0.2) is 25.0 Å². The number of aromatic carboxylic acids is 1. The number of benzene rings is 3. The lowest BCUT2D eigenvalue weighted by atomic mass is 9.96. The second-order valence-corrected chi connectivity index (χ2v) is 8.06. The highest BCUT2D eigenvalue weighted by atomic mass is 32.2. The van der Waals surface area contributed by atoms with Crippen molar-refractivity contribution in [2.45, 2.75) is 25.5 Å². The summed E-state index contributed by atoms with van der Waals surface area (Å²) in [6, 6.07) is 14.2. The van der Waals surface area contributed by atoms with Crippen LogP contribution in [0.15, 0.2) is 54.6 Å². The van der Waals surface area contributed by atoms with Gasteiger partial charge in [0.25, 0.3) is 0 Å². The first kappa shape index (κ1) is 22.4. The van der Waals surface area contributed by atoms with Crippen LogP contribution in [0, 0.1) is 0 Å². The van der Waals surface area contributed by atoms with E-state index in [1.165, 1.54) is 18.2 Å². The zero-order valence-corrected chi connectivity index (χ0v) is 17.0. The Hall–Kier alpha value is -3.27. The highest BCUT2D eigenvalue weighted by Crippen LogP contribution is 2.37. The van der Waals surface area contributed by atoms with Crippen molar-refractivity contribution in [1.82, 2.24) is 0 Å². The fourth-order valence-corrected chi connectivity index (χ4v) is 3.53. The Labute approximate surface area is 176 Å². The maximum Gasteiger partial charge on any atom is 0.534 e. The summed E-state index contributed by atoms with van der Waals surface area (Å²) in [5.41, 5.74) is -4.84. The Morgan fingerprint density at radius 3 is 2.29 bits per heavy atom. The molecule has 0 saturated heterocycles. The molecule has 10 heteroatoms. The number of aryl methyl sites for hydroxylation is 1. The van der Waals surface area contributed by atoms with E-state index in [2.05, 4.69) is 4.18 Å². The van der Waals surface area contributed by atoms with Crippen molar-refractivity contribution in [1.29, 1.82) is 0 Å². The molecule has 3 aromatic carbocycles. The van der Waals surface area contributed by atoms with Crippen LogP contribution in [0.3, 0.4) is 0 Å². The smallest absolute Gasteiger partial charge is 0.489 e. The van der Waals surface area contributed by atoms with Crippen LogP contribution in [0.25, 0.3) is 10.8 Å². The van der Waals surface area contributed by atoms with E-state index in [1.54, 1.807) is 6.92 Å². The third kappa shape index (κ3) is 4.74. The molecule has 0 bridgehead atoms. The Kier molecular flexibility index (Phi) is 6.12. The van der Waals surface area contributed by atoms with Gasteiger partial charge in [0, 0.05) is 5.39 Å². The molecule has 0 spiro atoms. The summed E-state index contributed by atoms with van der Waals surface area (Å²) in [6.07, 6.45) is 0.229. The van der Waals surface area contributed by atoms with Gasteiger partial charge in [-0.05, 0) is 47.2 Å². The van der Waals surface area contributed by atoms with Crippen molar-refractivity contribution in [2.24, 2.45) is 0 Å². The van der Waals surface area contributed by atoms with Crippen molar-refractivity contribution >= 4 is 26.9 Å². The summed E-state index contributed by atoms with van der Waals surface area (Å²) < 4.78 is 71.4. The van der Waals surface area contributed by atoms with E-state index >= 15 is 0 Å². The van der Waals surface area contributed by atoms with Gasteiger partial charge < -0.3 is 14.0 Å². The zero-order chi connectivity index (χ0) is 22.8. The third-order valence-electron chi connectivity index (χ3n) is 4.50. The molecule has 0 heterocycles. The summed E-state index contributed by atoms with van der Waals surface area (Å²) in [7, 11) is -5.98. The van der Waals surface area contributed by atoms with E-state index in [4.69, 9.17) is 4.74 Å². The van der Waals surface area contributed by atoms with Crippen molar-refractivity contribution in [3.63, 3.8) is 0 Å². The van der Waals surface area contributed by atoms with Crippen molar-refractivity contribution in [3.05, 3.63) is 71.3 Å². The minimum Gasteiger partial charge on any atom is -0.489 e. The van der Waals surface area contributed by atoms with Gasteiger partial charge in [-0.3, -0.25) is 0 Å². The first-order chi connectivity index (χ1) is 14.5. The van der Waals surface area contributed by atoms with Gasteiger partial charge >= 0.3 is 21.6 Å². The molecule has 0 atom stereocenters. The molecule has 0 aromatic heterocycles. The number of rotatable bonds is 7. The largest absolute Gasteiger partial charge is 0.534 e. The SMILES string of the molecule is CCc1c(C(=O)O)cc(OS(=O)(=O)C(F)(F)F)c2ccc(OCc3ccccc3)cc12. The van der Waals surface area contributed by atoms with Crippen molar-refractivity contribution < 1.29 is 40.4 Å². The van der Waals surface area contributed by atoms with Gasteiger partial charge in [-0.15, -0.1) is 0 Å². The van der Waals surface area contributed by atoms with Crippen LogP contribution in [0.4, 0.5) is 13.2 Å². The van der Waals surface area contributed by atoms with Crippen molar-refractivity contribution in [2.75, 3.05) is 0 Å². The van der Waals surface area contributed by atoms with Crippen LogP contribution < -0.4 is 8.92 Å². The highest BCUT2D eigenvalue weighted by molar-refractivity contribution is 7.88. The topological polar surface area (TPSA) is 89.9 Å². The molecular weight excluding hydrogens is 437 g/mol. The molecule has 3 aromatic rings. The zero-order valence-electron chi connectivity index (χ0n) is 16.1. The first-order valence-corrected chi connectivity index (χ1v) is 10.4. The Morgan fingerprint density at radius 2 is 1.71 bits per heavy atom. The molecule has 0 saturated carbocycles. The molecule has 164 valence electrons. The van der Waals surface area contributed by atoms with Crippen molar-refractivity contribution in [3.8, 4) is 11.5 Å². The molecule has 0 aliphatic rings. The maximum absolute atomic E-state index is 12.8. The number of carboxylic acids is 1. The quantitative estimate of drug-likeness (QED) is 0.403. The average molecular weight is 454 g/mol. The van der Waals surface area contributed by atoms with Gasteiger partial charge in [-0.25, -0.2) is 4.79 Å². The van der Waals surface area contributed by atoms with Crippen LogP contribution in [0.5, 0.6) is 11.5 Å². The second-order valence-electron chi connectivity index (χ2n) is 6.52. The normalized spacial score (nSPS) is 12.0. The van der Waals surface area contributed by atoms with Crippen LogP contribution in [0.1, 0.15) is 28.4 Å². The van der Waals surface area contributed by atoms with Crippen LogP contribution >= 0.6 is 0 Å². The Balaban J connectivity index is 2.11. The summed E-state index contributed by atoms with van der Waals surface area (Å²) in [5, 5.41) is 9.74. The fourth-order valence-electron chi connectivity index (χ4n) is 3.07. The molecule has 0 amide bonds. The van der Waals surface area contributed by atoms with Gasteiger partial charge in [0.05, 0.1) is 5.56 Å². The monoisotopic (exact) mass is 454 g/mol. The predicted molar refractivity (Wildman–Crippen MR) is 107 cm³/mol. The molecule has 0 aliphatic carbocycles. The minimum absolute atomic E-state index is 0.0155. The van der Waals surface area contributed by atoms with Crippen LogP contribution in [-0.2, 0) is 23.1 Å². The molecule has 31 heavy (non-hydrogen) atoms. The number of carboxylic acid groups (broad SMARTS) is 1. The standard InChI is InChI=1S/C21H17F3O6S/c1-2-15-17-10-14(29-12-13-6-4-3-5-7-13)8-9-16(17)19(11-18(15)20(25)26)30-31(27,28)21(22,23)24/h3-11H,2,12H2,1H3,(H,25,26). The summed E-state index contributed by atoms with van der Waals surface area (Å²) in [5.74, 6) is -1.82. The number of hydrogen-bond acceptors (Lipinski definition) is 5. The molecule has 0 unspecified atom stereocenters. The fraction of sp³-hybridized carbons (Fsp3) is 0.190. The number of carbonyl (C=O) groups is 1. The van der Waals surface area contributed by atoms with Gasteiger partial charge in [0.15, 0.2) is 5.75 Å². The molecule has 0 aliphatic heterocycles. The highest BCUT2D eigenvalue weighted by Gasteiger charge is 2.48. The molecule has 0 fully saturated rings. The van der Waals surface area contributed by atoms with E-state index in [9.17, 15) is 31.5 Å². The minimum atomic E-state index is -5.98. The van der Waals surface area contributed by atoms with Gasteiger partial charge in [0.1, 0.15) is 12.4 Å². The van der Waals surface area contributed by atoms with Gasteiger partial charge in [0.2, 0.25) is 0 Å². The number of alkyl halides is 3. The predicted octanol–water partition coefficient (Wildman–Crippen LogP) is 4.91. The van der Waals surface area contributed by atoms with E-state index < -0.39 is 27.3 Å². The van der Waals surface area contributed by atoms with Crippen LogP contribution in [0.2, 0.25) is 0 Å².